The second-order valence-corrected chi connectivity index (χ2v) is 7.28. The zero-order chi connectivity index (χ0) is 18.2. The molecule has 0 aliphatic rings. The van der Waals surface area contributed by atoms with Gasteiger partial charge >= 0.3 is 0 Å². The fraction of sp³-hybridized carbons (Fsp3) is 0.300. The molecule has 1 unspecified atom stereocenters. The number of aromatic nitrogens is 1. The van der Waals surface area contributed by atoms with Gasteiger partial charge in [-0.15, -0.1) is 35.3 Å². The van der Waals surface area contributed by atoms with Gasteiger partial charge in [0, 0.05) is 30.1 Å². The fourth-order valence-electron chi connectivity index (χ4n) is 2.64. The minimum Gasteiger partial charge on any atom is -0.356 e. The number of benzene rings is 1. The lowest BCUT2D eigenvalue weighted by Crippen LogP contribution is -2.39. The highest BCUT2D eigenvalue weighted by atomic mass is 127. The van der Waals surface area contributed by atoms with Crippen LogP contribution in [0.2, 0.25) is 0 Å². The van der Waals surface area contributed by atoms with E-state index in [1.807, 2.05) is 36.4 Å². The molecule has 0 radical (unpaired) electrons. The first kappa shape index (κ1) is 21.4. The topological polar surface area (TPSA) is 62.5 Å². The molecule has 0 saturated carbocycles. The number of guanidine groups is 1. The summed E-state index contributed by atoms with van der Waals surface area (Å²) in [6.07, 6.45) is 1.07. The Hall–Kier alpha value is -1.87. The SMILES string of the molecule is CN=C(NCc1cc(-c2ccccc2)on1)NCC(C)Cc1cccs1.I. The average Bonchev–Trinajstić information content (AvgIpc) is 3.34. The molecule has 0 bridgehead atoms. The van der Waals surface area contributed by atoms with Crippen LogP contribution in [0.25, 0.3) is 11.3 Å². The zero-order valence-corrected chi connectivity index (χ0v) is 18.7. The molecule has 2 aromatic heterocycles. The van der Waals surface area contributed by atoms with Crippen molar-refractivity contribution in [1.29, 1.82) is 0 Å². The Labute approximate surface area is 181 Å². The van der Waals surface area contributed by atoms with E-state index in [1.54, 1.807) is 18.4 Å². The molecule has 2 N–H and O–H groups in total. The van der Waals surface area contributed by atoms with Gasteiger partial charge in [0.1, 0.15) is 5.69 Å². The lowest BCUT2D eigenvalue weighted by atomic mass is 10.1. The lowest BCUT2D eigenvalue weighted by molar-refractivity contribution is 0.422. The van der Waals surface area contributed by atoms with Crippen molar-refractivity contribution in [2.24, 2.45) is 10.9 Å². The van der Waals surface area contributed by atoms with Crippen LogP contribution in [-0.4, -0.2) is 24.7 Å². The molecule has 3 aromatic rings. The average molecular weight is 496 g/mol. The van der Waals surface area contributed by atoms with Crippen molar-refractivity contribution in [3.63, 3.8) is 0 Å². The van der Waals surface area contributed by atoms with E-state index in [-0.39, 0.29) is 24.0 Å². The Morgan fingerprint density at radius 2 is 2.00 bits per heavy atom. The third kappa shape index (κ3) is 6.66. The fourth-order valence-corrected chi connectivity index (χ4v) is 3.51. The van der Waals surface area contributed by atoms with Crippen molar-refractivity contribution >= 4 is 41.3 Å². The highest BCUT2D eigenvalue weighted by molar-refractivity contribution is 14.0. The minimum absolute atomic E-state index is 0. The van der Waals surface area contributed by atoms with Crippen LogP contribution in [0.3, 0.4) is 0 Å². The molecule has 0 amide bonds. The summed E-state index contributed by atoms with van der Waals surface area (Å²) in [6, 6.07) is 16.2. The zero-order valence-electron chi connectivity index (χ0n) is 15.5. The number of hydrogen-bond donors (Lipinski definition) is 2. The van der Waals surface area contributed by atoms with Crippen molar-refractivity contribution in [2.45, 2.75) is 19.9 Å². The van der Waals surface area contributed by atoms with Crippen molar-refractivity contribution in [3.05, 3.63) is 64.5 Å². The van der Waals surface area contributed by atoms with Crippen LogP contribution in [0.5, 0.6) is 0 Å². The Kier molecular flexibility index (Phi) is 8.80. The third-order valence-corrected chi connectivity index (χ3v) is 4.92. The Morgan fingerprint density at radius 1 is 1.19 bits per heavy atom. The molecule has 0 aliphatic carbocycles. The van der Waals surface area contributed by atoms with Crippen LogP contribution in [0.1, 0.15) is 17.5 Å². The monoisotopic (exact) mass is 496 g/mol. The van der Waals surface area contributed by atoms with Crippen molar-refractivity contribution in [1.82, 2.24) is 15.8 Å². The van der Waals surface area contributed by atoms with E-state index < -0.39 is 0 Å². The predicted octanol–water partition coefficient (Wildman–Crippen LogP) is 4.56. The highest BCUT2D eigenvalue weighted by Gasteiger charge is 2.09. The molecule has 5 nitrogen and oxygen atoms in total. The number of nitrogens with zero attached hydrogens (tertiary/aromatic N) is 2. The minimum atomic E-state index is 0. The van der Waals surface area contributed by atoms with Crippen LogP contribution in [-0.2, 0) is 13.0 Å². The van der Waals surface area contributed by atoms with Crippen molar-refractivity contribution < 1.29 is 4.52 Å². The summed E-state index contributed by atoms with van der Waals surface area (Å²) < 4.78 is 5.42. The lowest BCUT2D eigenvalue weighted by Gasteiger charge is -2.15. The normalized spacial score (nSPS) is 12.3. The number of rotatable bonds is 7. The van der Waals surface area contributed by atoms with Crippen molar-refractivity contribution in [2.75, 3.05) is 13.6 Å². The number of hydrogen-bond acceptors (Lipinski definition) is 4. The number of halogens is 1. The van der Waals surface area contributed by atoms with Crippen molar-refractivity contribution in [3.8, 4) is 11.3 Å². The maximum Gasteiger partial charge on any atom is 0.191 e. The van der Waals surface area contributed by atoms with E-state index in [1.165, 1.54) is 4.88 Å². The predicted molar refractivity (Wildman–Crippen MR) is 123 cm³/mol. The van der Waals surface area contributed by atoms with E-state index in [9.17, 15) is 0 Å². The first-order valence-electron chi connectivity index (χ1n) is 8.72. The first-order valence-corrected chi connectivity index (χ1v) is 9.60. The van der Waals surface area contributed by atoms with Gasteiger partial charge in [0.2, 0.25) is 0 Å². The van der Waals surface area contributed by atoms with Crippen LogP contribution in [0.4, 0.5) is 0 Å². The van der Waals surface area contributed by atoms with Gasteiger partial charge in [-0.05, 0) is 23.8 Å². The van der Waals surface area contributed by atoms with Crippen LogP contribution < -0.4 is 10.6 Å². The number of aliphatic imine (C=N–C) groups is 1. The summed E-state index contributed by atoms with van der Waals surface area (Å²) in [5.41, 5.74) is 1.87. The standard InChI is InChI=1S/C20H24N4OS.HI/c1-15(11-18-9-6-10-26-18)13-22-20(21-2)23-14-17-12-19(25-24-17)16-7-4-3-5-8-16;/h3-10,12,15H,11,13-14H2,1-2H3,(H2,21,22,23);1H. The molecule has 144 valence electrons. The molecular formula is C20H25IN4OS. The van der Waals surface area contributed by atoms with Gasteiger partial charge in [-0.2, -0.15) is 0 Å². The van der Waals surface area contributed by atoms with E-state index >= 15 is 0 Å². The highest BCUT2D eigenvalue weighted by Crippen LogP contribution is 2.19. The molecule has 0 fully saturated rings. The van der Waals surface area contributed by atoms with Crippen LogP contribution in [0, 0.1) is 5.92 Å². The summed E-state index contributed by atoms with van der Waals surface area (Å²) in [5.74, 6) is 2.08. The smallest absolute Gasteiger partial charge is 0.191 e. The Balaban J connectivity index is 0.00000261. The van der Waals surface area contributed by atoms with E-state index in [2.05, 4.69) is 45.2 Å². The quantitative estimate of drug-likeness (QED) is 0.286. The Morgan fingerprint density at radius 3 is 2.70 bits per heavy atom. The van der Waals surface area contributed by atoms with Gasteiger partial charge in [-0.1, -0.05) is 48.5 Å². The van der Waals surface area contributed by atoms with Gasteiger partial charge in [-0.3, -0.25) is 4.99 Å². The molecule has 2 heterocycles. The molecule has 1 aromatic carbocycles. The van der Waals surface area contributed by atoms with Gasteiger partial charge in [-0.25, -0.2) is 0 Å². The van der Waals surface area contributed by atoms with E-state index in [4.69, 9.17) is 4.52 Å². The summed E-state index contributed by atoms with van der Waals surface area (Å²) in [5, 5.41) is 12.9. The summed E-state index contributed by atoms with van der Waals surface area (Å²) in [4.78, 5) is 5.69. The van der Waals surface area contributed by atoms with Crippen LogP contribution >= 0.6 is 35.3 Å². The molecular weight excluding hydrogens is 471 g/mol. The van der Waals surface area contributed by atoms with Gasteiger partial charge in [0.05, 0.1) is 6.54 Å². The molecule has 3 rings (SSSR count). The summed E-state index contributed by atoms with van der Waals surface area (Å²) in [6.45, 7) is 3.67. The summed E-state index contributed by atoms with van der Waals surface area (Å²) in [7, 11) is 1.78. The number of thiophene rings is 1. The maximum absolute atomic E-state index is 5.42. The molecule has 27 heavy (non-hydrogen) atoms. The molecule has 0 saturated heterocycles. The van der Waals surface area contributed by atoms with E-state index in [0.29, 0.717) is 12.5 Å². The summed E-state index contributed by atoms with van der Waals surface area (Å²) >= 11 is 1.81. The Bertz CT molecular complexity index is 818. The first-order chi connectivity index (χ1) is 12.7. The third-order valence-electron chi connectivity index (χ3n) is 4.03. The number of nitrogens with one attached hydrogen (secondary N) is 2. The van der Waals surface area contributed by atoms with E-state index in [0.717, 1.165) is 35.9 Å². The van der Waals surface area contributed by atoms with Gasteiger partial charge in [0.25, 0.3) is 0 Å². The maximum atomic E-state index is 5.42. The molecule has 7 heteroatoms. The van der Waals surface area contributed by atoms with Gasteiger partial charge < -0.3 is 15.2 Å². The van der Waals surface area contributed by atoms with Gasteiger partial charge in [0.15, 0.2) is 11.7 Å². The molecule has 0 aliphatic heterocycles. The molecule has 1 atom stereocenters. The van der Waals surface area contributed by atoms with Crippen LogP contribution in [0.15, 0.2) is 63.4 Å². The largest absolute Gasteiger partial charge is 0.356 e. The second kappa shape index (κ2) is 11.1. The second-order valence-electron chi connectivity index (χ2n) is 6.24. The molecule has 0 spiro atoms.